The van der Waals surface area contributed by atoms with E-state index >= 15 is 0 Å². The number of ether oxygens (including phenoxy) is 2. The lowest BCUT2D eigenvalue weighted by molar-refractivity contribution is -0.274. The summed E-state index contributed by atoms with van der Waals surface area (Å²) in [5.74, 6) is -0.554. The highest BCUT2D eigenvalue weighted by atomic mass is 32.1. The van der Waals surface area contributed by atoms with Crippen LogP contribution in [-0.4, -0.2) is 23.5 Å². The van der Waals surface area contributed by atoms with Crippen molar-refractivity contribution in [3.05, 3.63) is 47.7 Å². The largest absolute Gasteiger partial charge is 0.573 e. The van der Waals surface area contributed by atoms with E-state index in [1.807, 2.05) is 0 Å². The molecule has 0 N–H and O–H groups in total. The molecule has 25 heavy (non-hydrogen) atoms. The highest BCUT2D eigenvalue weighted by molar-refractivity contribution is 7.80. The van der Waals surface area contributed by atoms with Crippen molar-refractivity contribution < 1.29 is 35.8 Å². The fourth-order valence-corrected chi connectivity index (χ4v) is 2.07. The molecule has 0 aliphatic heterocycles. The highest BCUT2D eigenvalue weighted by Crippen LogP contribution is 2.37. The predicted molar refractivity (Wildman–Crippen MR) is 80.1 cm³/mol. The third kappa shape index (κ3) is 4.81. The van der Waals surface area contributed by atoms with Crippen molar-refractivity contribution in [2.75, 3.05) is 7.11 Å². The number of benzene rings is 1. The van der Waals surface area contributed by atoms with Crippen LogP contribution >= 0.6 is 12.2 Å². The van der Waals surface area contributed by atoms with Gasteiger partial charge < -0.3 is 9.47 Å². The number of nitrogens with zero attached hydrogens (tertiary/aromatic N) is 1. The van der Waals surface area contributed by atoms with E-state index in [2.05, 4.69) is 9.72 Å². The number of alkyl halides is 6. The zero-order chi connectivity index (χ0) is 18.8. The molecule has 0 saturated carbocycles. The molecular weight excluding hydrogens is 372 g/mol. The fourth-order valence-electron chi connectivity index (χ4n) is 1.95. The minimum absolute atomic E-state index is 0.0308. The van der Waals surface area contributed by atoms with Gasteiger partial charge in [0, 0.05) is 17.3 Å². The molecule has 0 unspecified atom stereocenters. The van der Waals surface area contributed by atoms with Crippen molar-refractivity contribution in [1.82, 2.24) is 4.98 Å². The molecule has 2 rings (SSSR count). The summed E-state index contributed by atoms with van der Waals surface area (Å²) in [5.41, 5.74) is -1.61. The average molecular weight is 381 g/mol. The Kier molecular flexibility index (Phi) is 5.21. The van der Waals surface area contributed by atoms with Gasteiger partial charge in [0.2, 0.25) is 0 Å². The number of halogens is 6. The Bertz CT molecular complexity index is 771. The van der Waals surface area contributed by atoms with Crippen LogP contribution in [0.4, 0.5) is 26.3 Å². The van der Waals surface area contributed by atoms with Crippen LogP contribution in [0.2, 0.25) is 0 Å². The van der Waals surface area contributed by atoms with Gasteiger partial charge in [-0.05, 0) is 42.5 Å². The summed E-state index contributed by atoms with van der Waals surface area (Å²) in [6, 6.07) is 4.67. The maximum absolute atomic E-state index is 13.3. The van der Waals surface area contributed by atoms with E-state index < -0.39 is 29.5 Å². The maximum Gasteiger partial charge on any atom is 0.573 e. The van der Waals surface area contributed by atoms with Gasteiger partial charge in [-0.1, -0.05) is 0 Å². The van der Waals surface area contributed by atoms with Crippen molar-refractivity contribution in [2.45, 2.75) is 12.5 Å². The first-order valence-corrected chi connectivity index (χ1v) is 6.94. The second kappa shape index (κ2) is 6.87. The van der Waals surface area contributed by atoms with Gasteiger partial charge in [0.15, 0.2) is 5.05 Å². The standard InChI is InChI=1S/C15H9F6NO2S/c1-23-13(25)9-6-11(14(16,17)18)12(22-7-9)8-2-4-10(5-3-8)24-15(19,20)21/h2-7H,1H3. The van der Waals surface area contributed by atoms with Crippen LogP contribution in [0.3, 0.4) is 0 Å². The molecular formula is C15H9F6NO2S. The first kappa shape index (κ1) is 19.0. The molecule has 10 heteroatoms. The lowest BCUT2D eigenvalue weighted by atomic mass is 10.0. The average Bonchev–Trinajstić information content (AvgIpc) is 2.52. The van der Waals surface area contributed by atoms with Crippen molar-refractivity contribution in [1.29, 1.82) is 0 Å². The molecule has 0 fully saturated rings. The first-order chi connectivity index (χ1) is 11.5. The normalized spacial score (nSPS) is 12.0. The Balaban J connectivity index is 2.46. The van der Waals surface area contributed by atoms with Crippen LogP contribution in [0.25, 0.3) is 11.3 Å². The van der Waals surface area contributed by atoms with E-state index in [0.29, 0.717) is 0 Å². The van der Waals surface area contributed by atoms with Crippen molar-refractivity contribution in [3.8, 4) is 17.0 Å². The Labute approximate surface area is 143 Å². The summed E-state index contributed by atoms with van der Waals surface area (Å²) in [4.78, 5) is 3.74. The second-order valence-corrected chi connectivity index (χ2v) is 5.05. The molecule has 3 nitrogen and oxygen atoms in total. The van der Waals surface area contributed by atoms with Gasteiger partial charge in [-0.15, -0.1) is 13.2 Å². The minimum Gasteiger partial charge on any atom is -0.486 e. The molecule has 0 amide bonds. The number of hydrogen-bond donors (Lipinski definition) is 0. The first-order valence-electron chi connectivity index (χ1n) is 6.53. The zero-order valence-electron chi connectivity index (χ0n) is 12.4. The quantitative estimate of drug-likeness (QED) is 0.554. The second-order valence-electron chi connectivity index (χ2n) is 4.68. The minimum atomic E-state index is -4.89. The predicted octanol–water partition coefficient (Wildman–Crippen LogP) is 4.99. The number of rotatable bonds is 3. The lowest BCUT2D eigenvalue weighted by Crippen LogP contribution is -2.17. The summed E-state index contributed by atoms with van der Waals surface area (Å²) >= 11 is 4.78. The van der Waals surface area contributed by atoms with Gasteiger partial charge in [-0.2, -0.15) is 13.2 Å². The smallest absolute Gasteiger partial charge is 0.486 e. The molecule has 0 radical (unpaired) electrons. The molecule has 2 aromatic rings. The summed E-state index contributed by atoms with van der Waals surface area (Å²) in [5, 5.41) is -0.168. The summed E-state index contributed by atoms with van der Waals surface area (Å²) in [6.45, 7) is 0. The molecule has 134 valence electrons. The van der Waals surface area contributed by atoms with Gasteiger partial charge >= 0.3 is 12.5 Å². The third-order valence-electron chi connectivity index (χ3n) is 2.98. The van der Waals surface area contributed by atoms with Crippen molar-refractivity contribution in [2.24, 2.45) is 0 Å². The summed E-state index contributed by atoms with van der Waals surface area (Å²) < 4.78 is 84.6. The number of hydrogen-bond acceptors (Lipinski definition) is 4. The Morgan fingerprint density at radius 2 is 1.64 bits per heavy atom. The number of pyridine rings is 1. The van der Waals surface area contributed by atoms with Gasteiger partial charge in [0.1, 0.15) is 5.75 Å². The fraction of sp³-hybridized carbons (Fsp3) is 0.200. The van der Waals surface area contributed by atoms with E-state index in [1.54, 1.807) is 0 Å². The highest BCUT2D eigenvalue weighted by Gasteiger charge is 2.35. The van der Waals surface area contributed by atoms with Crippen LogP contribution in [0, 0.1) is 0 Å². The van der Waals surface area contributed by atoms with Crippen LogP contribution in [-0.2, 0) is 10.9 Å². The molecule has 1 aromatic heterocycles. The molecule has 0 spiro atoms. The van der Waals surface area contributed by atoms with Gasteiger partial charge in [-0.3, -0.25) is 4.98 Å². The Hall–Kier alpha value is -2.36. The van der Waals surface area contributed by atoms with Crippen molar-refractivity contribution in [3.63, 3.8) is 0 Å². The van der Waals surface area contributed by atoms with Gasteiger partial charge in [-0.25, -0.2) is 0 Å². The van der Waals surface area contributed by atoms with Crippen LogP contribution in [0.5, 0.6) is 5.75 Å². The lowest BCUT2D eigenvalue weighted by Gasteiger charge is -2.14. The summed E-state index contributed by atoms with van der Waals surface area (Å²) in [6.07, 6.45) is -8.55. The van der Waals surface area contributed by atoms with E-state index in [0.717, 1.165) is 36.5 Å². The van der Waals surface area contributed by atoms with Crippen molar-refractivity contribution >= 4 is 17.3 Å². The Morgan fingerprint density at radius 1 is 1.04 bits per heavy atom. The van der Waals surface area contributed by atoms with Gasteiger partial charge in [0.25, 0.3) is 0 Å². The van der Waals surface area contributed by atoms with E-state index in [4.69, 9.17) is 17.0 Å². The summed E-state index contributed by atoms with van der Waals surface area (Å²) in [7, 11) is 1.21. The number of methoxy groups -OCH3 is 1. The molecule has 0 atom stereocenters. The molecule has 0 aliphatic carbocycles. The number of thiocarbonyl (C=S) groups is 1. The third-order valence-corrected chi connectivity index (χ3v) is 3.38. The molecule has 0 saturated heterocycles. The molecule has 1 heterocycles. The molecule has 0 aliphatic rings. The van der Waals surface area contributed by atoms with Gasteiger partial charge in [0.05, 0.1) is 18.4 Å². The van der Waals surface area contributed by atoms with Crippen LogP contribution in [0.1, 0.15) is 11.1 Å². The van der Waals surface area contributed by atoms with Crippen LogP contribution in [0.15, 0.2) is 36.5 Å². The molecule has 1 aromatic carbocycles. The Morgan fingerprint density at radius 3 is 2.12 bits per heavy atom. The topological polar surface area (TPSA) is 31.4 Å². The monoisotopic (exact) mass is 381 g/mol. The van der Waals surface area contributed by atoms with E-state index in [-0.39, 0.29) is 16.2 Å². The molecule has 0 bridgehead atoms. The number of aromatic nitrogens is 1. The SMILES string of the molecule is COC(=S)c1cnc(-c2ccc(OC(F)(F)F)cc2)c(C(F)(F)F)c1. The van der Waals surface area contributed by atoms with E-state index in [9.17, 15) is 26.3 Å². The van der Waals surface area contributed by atoms with E-state index in [1.165, 1.54) is 7.11 Å². The maximum atomic E-state index is 13.3. The zero-order valence-corrected chi connectivity index (χ0v) is 13.2. The van der Waals surface area contributed by atoms with Crippen LogP contribution < -0.4 is 4.74 Å².